The van der Waals surface area contributed by atoms with Crippen LogP contribution < -0.4 is 5.32 Å². The second-order valence-electron chi connectivity index (χ2n) is 4.56. The molecule has 1 aliphatic rings. The number of aromatic nitrogens is 3. The van der Waals surface area contributed by atoms with E-state index in [-0.39, 0.29) is 28.6 Å². The molecule has 3 heterocycles. The zero-order valence-electron chi connectivity index (χ0n) is 9.71. The minimum Gasteiger partial charge on any atom is -0.321 e. The number of alkyl halides is 3. The van der Waals surface area contributed by atoms with Gasteiger partial charge in [0, 0.05) is 25.6 Å². The van der Waals surface area contributed by atoms with Gasteiger partial charge in [-0.2, -0.15) is 13.2 Å². The zero-order valence-corrected chi connectivity index (χ0v) is 10.5. The molecule has 1 saturated heterocycles. The molecule has 0 aliphatic carbocycles. The zero-order chi connectivity index (χ0) is 13.6. The summed E-state index contributed by atoms with van der Waals surface area (Å²) in [6, 6.07) is 1.02. The molecule has 2 aromatic rings. The molecule has 0 radical (unpaired) electrons. The highest BCUT2D eigenvalue weighted by Crippen LogP contribution is 2.35. The normalized spacial score (nSPS) is 16.8. The molecule has 0 atom stereocenters. The van der Waals surface area contributed by atoms with Crippen molar-refractivity contribution in [2.45, 2.75) is 12.7 Å². The van der Waals surface area contributed by atoms with Crippen LogP contribution in [0.5, 0.6) is 0 Å². The number of rotatable bonds is 2. The highest BCUT2D eigenvalue weighted by atomic mass is 35.5. The van der Waals surface area contributed by atoms with Crippen LogP contribution in [0.1, 0.15) is 5.69 Å². The highest BCUT2D eigenvalue weighted by Gasteiger charge is 2.37. The van der Waals surface area contributed by atoms with Gasteiger partial charge >= 0.3 is 6.18 Å². The first-order chi connectivity index (χ1) is 8.97. The molecule has 0 bridgehead atoms. The van der Waals surface area contributed by atoms with Crippen LogP contribution in [0.25, 0.3) is 11.0 Å². The number of nitrogens with one attached hydrogen (secondary N) is 1. The van der Waals surface area contributed by atoms with Gasteiger partial charge < -0.3 is 9.88 Å². The standard InChI is InChI=1S/C11H10ClF3N4/c12-9-7-1-8(11(13,14)15)19(4-6-2-16-3-6)10(7)18-5-17-9/h1,5-6,16H,2-4H2. The number of halogens is 4. The van der Waals surface area contributed by atoms with Crippen LogP contribution in [0.3, 0.4) is 0 Å². The lowest BCUT2D eigenvalue weighted by atomic mass is 10.0. The van der Waals surface area contributed by atoms with Crippen LogP contribution in [-0.4, -0.2) is 27.6 Å². The lowest BCUT2D eigenvalue weighted by Crippen LogP contribution is -2.44. The largest absolute Gasteiger partial charge is 0.431 e. The number of hydrogen-bond donors (Lipinski definition) is 1. The second kappa shape index (κ2) is 4.35. The Hall–Kier alpha value is -1.34. The van der Waals surface area contributed by atoms with E-state index in [1.807, 2.05) is 0 Å². The van der Waals surface area contributed by atoms with E-state index in [1.54, 1.807) is 0 Å². The number of fused-ring (bicyclic) bond motifs is 1. The topological polar surface area (TPSA) is 42.7 Å². The number of nitrogens with zero attached hydrogens (tertiary/aromatic N) is 3. The molecular weight excluding hydrogens is 281 g/mol. The summed E-state index contributed by atoms with van der Waals surface area (Å²) >= 11 is 5.83. The smallest absolute Gasteiger partial charge is 0.321 e. The average molecular weight is 291 g/mol. The van der Waals surface area contributed by atoms with Crippen molar-refractivity contribution in [3.05, 3.63) is 23.2 Å². The van der Waals surface area contributed by atoms with Gasteiger partial charge in [0.2, 0.25) is 0 Å². The molecule has 0 aromatic carbocycles. The van der Waals surface area contributed by atoms with Crippen molar-refractivity contribution in [2.24, 2.45) is 5.92 Å². The molecule has 1 aliphatic heterocycles. The van der Waals surface area contributed by atoms with Gasteiger partial charge in [0.05, 0.1) is 5.39 Å². The minimum absolute atomic E-state index is 0.0426. The van der Waals surface area contributed by atoms with Crippen LogP contribution in [0.4, 0.5) is 13.2 Å². The van der Waals surface area contributed by atoms with Crippen molar-refractivity contribution in [2.75, 3.05) is 13.1 Å². The molecule has 102 valence electrons. The van der Waals surface area contributed by atoms with Crippen LogP contribution in [0.2, 0.25) is 5.15 Å². The maximum absolute atomic E-state index is 13.1. The van der Waals surface area contributed by atoms with E-state index in [1.165, 1.54) is 10.9 Å². The first-order valence-corrected chi connectivity index (χ1v) is 6.12. The summed E-state index contributed by atoms with van der Waals surface area (Å²) in [6.45, 7) is 1.71. The Bertz CT molecular complexity index is 618. The summed E-state index contributed by atoms with van der Waals surface area (Å²) in [5.74, 6) is 0.186. The van der Waals surface area contributed by atoms with E-state index < -0.39 is 11.9 Å². The van der Waals surface area contributed by atoms with Gasteiger partial charge in [0.1, 0.15) is 22.8 Å². The molecule has 0 unspecified atom stereocenters. The molecule has 0 amide bonds. The Labute approximate surface area is 111 Å². The quantitative estimate of drug-likeness (QED) is 0.863. The van der Waals surface area contributed by atoms with Gasteiger partial charge in [-0.15, -0.1) is 0 Å². The fourth-order valence-electron chi connectivity index (χ4n) is 2.19. The van der Waals surface area contributed by atoms with Crippen molar-refractivity contribution < 1.29 is 13.2 Å². The lowest BCUT2D eigenvalue weighted by molar-refractivity contribution is -0.143. The van der Waals surface area contributed by atoms with Gasteiger partial charge in [-0.1, -0.05) is 11.6 Å². The van der Waals surface area contributed by atoms with E-state index in [2.05, 4.69) is 15.3 Å². The molecule has 3 rings (SSSR count). The van der Waals surface area contributed by atoms with Gasteiger partial charge in [0.15, 0.2) is 0 Å². The van der Waals surface area contributed by atoms with E-state index in [4.69, 9.17) is 11.6 Å². The molecule has 2 aromatic heterocycles. The Balaban J connectivity index is 2.16. The van der Waals surface area contributed by atoms with Gasteiger partial charge in [0.25, 0.3) is 0 Å². The van der Waals surface area contributed by atoms with Crippen LogP contribution in [-0.2, 0) is 12.7 Å². The van der Waals surface area contributed by atoms with Crippen molar-refractivity contribution >= 4 is 22.6 Å². The Morgan fingerprint density at radius 3 is 2.68 bits per heavy atom. The van der Waals surface area contributed by atoms with Crippen LogP contribution in [0.15, 0.2) is 12.4 Å². The summed E-state index contributed by atoms with van der Waals surface area (Å²) in [7, 11) is 0. The first kappa shape index (κ1) is 12.7. The predicted molar refractivity (Wildman–Crippen MR) is 63.9 cm³/mol. The Morgan fingerprint density at radius 2 is 2.11 bits per heavy atom. The van der Waals surface area contributed by atoms with E-state index in [0.29, 0.717) is 0 Å². The lowest BCUT2D eigenvalue weighted by Gasteiger charge is -2.28. The first-order valence-electron chi connectivity index (χ1n) is 5.74. The van der Waals surface area contributed by atoms with Crippen molar-refractivity contribution in [1.82, 2.24) is 19.9 Å². The molecule has 19 heavy (non-hydrogen) atoms. The summed E-state index contributed by atoms with van der Waals surface area (Å²) in [5.41, 5.74) is -0.490. The third kappa shape index (κ3) is 2.17. The van der Waals surface area contributed by atoms with Crippen molar-refractivity contribution in [3.63, 3.8) is 0 Å². The predicted octanol–water partition coefficient (Wildman–Crippen LogP) is 2.32. The molecule has 1 N–H and O–H groups in total. The molecule has 1 fully saturated rings. The van der Waals surface area contributed by atoms with Crippen molar-refractivity contribution in [1.29, 1.82) is 0 Å². The fraction of sp³-hybridized carbons (Fsp3) is 0.455. The fourth-order valence-corrected chi connectivity index (χ4v) is 2.37. The van der Waals surface area contributed by atoms with E-state index in [9.17, 15) is 13.2 Å². The Kier molecular flexibility index (Phi) is 2.90. The van der Waals surface area contributed by atoms with Crippen molar-refractivity contribution in [3.8, 4) is 0 Å². The summed E-state index contributed by atoms with van der Waals surface area (Å²) in [6.07, 6.45) is -3.25. The molecule has 0 spiro atoms. The maximum Gasteiger partial charge on any atom is 0.431 e. The minimum atomic E-state index is -4.43. The monoisotopic (exact) mass is 290 g/mol. The second-order valence-corrected chi connectivity index (χ2v) is 4.92. The van der Waals surface area contributed by atoms with Crippen LogP contribution >= 0.6 is 11.6 Å². The van der Waals surface area contributed by atoms with Gasteiger partial charge in [-0.3, -0.25) is 0 Å². The number of hydrogen-bond acceptors (Lipinski definition) is 3. The molecule has 4 nitrogen and oxygen atoms in total. The molecule has 8 heteroatoms. The third-order valence-electron chi connectivity index (χ3n) is 3.24. The molecule has 0 saturated carbocycles. The summed E-state index contributed by atoms with van der Waals surface area (Å²) in [5, 5.41) is 3.32. The van der Waals surface area contributed by atoms with Gasteiger partial charge in [-0.25, -0.2) is 9.97 Å². The summed E-state index contributed by atoms with van der Waals surface area (Å²) < 4.78 is 40.4. The van der Waals surface area contributed by atoms with Gasteiger partial charge in [-0.05, 0) is 6.07 Å². The SMILES string of the molecule is FC(F)(F)c1cc2c(Cl)ncnc2n1CC1CNC1. The summed E-state index contributed by atoms with van der Waals surface area (Å²) in [4.78, 5) is 7.65. The average Bonchev–Trinajstić information content (AvgIpc) is 2.63. The molecular formula is C11H10ClF3N4. The maximum atomic E-state index is 13.1. The highest BCUT2D eigenvalue weighted by molar-refractivity contribution is 6.33. The van der Waals surface area contributed by atoms with E-state index in [0.717, 1.165) is 19.2 Å². The van der Waals surface area contributed by atoms with E-state index >= 15 is 0 Å². The third-order valence-corrected chi connectivity index (χ3v) is 3.54. The van der Waals surface area contributed by atoms with Crippen LogP contribution in [0, 0.1) is 5.92 Å². The Morgan fingerprint density at radius 1 is 1.37 bits per heavy atom.